The molecule has 0 radical (unpaired) electrons. The summed E-state index contributed by atoms with van der Waals surface area (Å²) in [5.41, 5.74) is 2.77. The first kappa shape index (κ1) is 16.5. The minimum atomic E-state index is 0.311. The second kappa shape index (κ2) is 7.95. The van der Waals surface area contributed by atoms with E-state index in [0.29, 0.717) is 24.5 Å². The number of rotatable bonds is 9. The van der Waals surface area contributed by atoms with Gasteiger partial charge in [-0.05, 0) is 48.6 Å². The van der Waals surface area contributed by atoms with Gasteiger partial charge >= 0.3 is 0 Å². The van der Waals surface area contributed by atoms with Crippen molar-refractivity contribution in [3.63, 3.8) is 0 Å². The molecule has 0 heterocycles. The van der Waals surface area contributed by atoms with Crippen LogP contribution in [0.4, 0.5) is 0 Å². The van der Waals surface area contributed by atoms with Gasteiger partial charge in [-0.2, -0.15) is 0 Å². The third-order valence-corrected chi connectivity index (χ3v) is 4.55. The molecule has 0 bridgehead atoms. The Morgan fingerprint density at radius 3 is 2.52 bits per heavy atom. The highest BCUT2D eigenvalue weighted by Crippen LogP contribution is 2.35. The number of hydrogen-bond donors (Lipinski definition) is 2. The summed E-state index contributed by atoms with van der Waals surface area (Å²) in [4.78, 5) is 0. The molecule has 0 aromatic heterocycles. The molecule has 21 heavy (non-hydrogen) atoms. The van der Waals surface area contributed by atoms with Crippen molar-refractivity contribution in [2.24, 2.45) is 17.8 Å². The summed E-state index contributed by atoms with van der Waals surface area (Å²) in [5, 5.41) is 13.3. The molecule has 1 saturated carbocycles. The van der Waals surface area contributed by atoms with Crippen molar-refractivity contribution in [2.45, 2.75) is 52.5 Å². The van der Waals surface area contributed by atoms with Gasteiger partial charge in [0.05, 0.1) is 0 Å². The van der Waals surface area contributed by atoms with Crippen LogP contribution in [0.5, 0.6) is 0 Å². The normalized spacial score (nSPS) is 18.0. The molecule has 1 aliphatic carbocycles. The number of aliphatic hydroxyl groups is 1. The molecule has 2 nitrogen and oxygen atoms in total. The van der Waals surface area contributed by atoms with E-state index in [4.69, 9.17) is 0 Å². The fraction of sp³-hybridized carbons (Fsp3) is 0.684. The van der Waals surface area contributed by atoms with Gasteiger partial charge in [0.1, 0.15) is 0 Å². The van der Waals surface area contributed by atoms with Gasteiger partial charge in [-0.25, -0.2) is 0 Å². The summed E-state index contributed by atoms with van der Waals surface area (Å²) in [7, 11) is 0. The van der Waals surface area contributed by atoms with Gasteiger partial charge in [0, 0.05) is 19.2 Å². The summed E-state index contributed by atoms with van der Waals surface area (Å²) in [5.74, 6) is 1.96. The zero-order valence-electron chi connectivity index (χ0n) is 13.8. The quantitative estimate of drug-likeness (QED) is 0.718. The molecule has 2 N–H and O–H groups in total. The molecular weight excluding hydrogens is 258 g/mol. The SMILES string of the molecule is Cc1ccccc1C(CC(C)C)NCC(CO)CC1CC1. The summed E-state index contributed by atoms with van der Waals surface area (Å²) in [6, 6.07) is 9.07. The van der Waals surface area contributed by atoms with Crippen molar-refractivity contribution >= 4 is 0 Å². The predicted octanol–water partition coefficient (Wildman–Crippen LogP) is 4.08. The predicted molar refractivity (Wildman–Crippen MR) is 89.3 cm³/mol. The van der Waals surface area contributed by atoms with Crippen LogP contribution >= 0.6 is 0 Å². The van der Waals surface area contributed by atoms with E-state index in [1.807, 2.05) is 0 Å². The van der Waals surface area contributed by atoms with E-state index in [1.54, 1.807) is 0 Å². The molecule has 0 saturated heterocycles. The summed E-state index contributed by atoms with van der Waals surface area (Å²) in [6.07, 6.45) is 5.06. The molecule has 0 amide bonds. The Balaban J connectivity index is 1.97. The number of hydrogen-bond acceptors (Lipinski definition) is 2. The zero-order valence-corrected chi connectivity index (χ0v) is 13.8. The van der Waals surface area contributed by atoms with E-state index >= 15 is 0 Å². The Labute approximate surface area is 130 Å². The standard InChI is InChI=1S/C19H31NO/c1-14(2)10-19(18-7-5-4-6-15(18)3)20-12-17(13-21)11-16-8-9-16/h4-7,14,16-17,19-21H,8-13H2,1-3H3. The van der Waals surface area contributed by atoms with Crippen LogP contribution < -0.4 is 5.32 Å². The van der Waals surface area contributed by atoms with Gasteiger partial charge in [-0.15, -0.1) is 0 Å². The third kappa shape index (κ3) is 5.44. The first-order valence-electron chi connectivity index (χ1n) is 8.50. The molecule has 2 heteroatoms. The monoisotopic (exact) mass is 289 g/mol. The molecule has 1 aromatic carbocycles. The van der Waals surface area contributed by atoms with Gasteiger partial charge in [0.2, 0.25) is 0 Å². The fourth-order valence-electron chi connectivity index (χ4n) is 3.13. The van der Waals surface area contributed by atoms with Crippen molar-refractivity contribution in [2.75, 3.05) is 13.2 Å². The van der Waals surface area contributed by atoms with Crippen LogP contribution in [0.3, 0.4) is 0 Å². The highest BCUT2D eigenvalue weighted by molar-refractivity contribution is 5.28. The van der Waals surface area contributed by atoms with Gasteiger partial charge < -0.3 is 10.4 Å². The summed E-state index contributed by atoms with van der Waals surface area (Å²) >= 11 is 0. The number of aliphatic hydroxyl groups excluding tert-OH is 1. The van der Waals surface area contributed by atoms with Crippen molar-refractivity contribution in [1.29, 1.82) is 0 Å². The van der Waals surface area contributed by atoms with Crippen LogP contribution in [0.1, 0.15) is 56.7 Å². The molecule has 0 spiro atoms. The van der Waals surface area contributed by atoms with E-state index in [-0.39, 0.29) is 0 Å². The van der Waals surface area contributed by atoms with Gasteiger partial charge in [-0.3, -0.25) is 0 Å². The van der Waals surface area contributed by atoms with E-state index in [2.05, 4.69) is 50.4 Å². The van der Waals surface area contributed by atoms with Crippen molar-refractivity contribution in [3.8, 4) is 0 Å². The Kier molecular flexibility index (Phi) is 6.25. The molecule has 2 atom stereocenters. The average Bonchev–Trinajstić information content (AvgIpc) is 3.26. The largest absolute Gasteiger partial charge is 0.396 e. The fourth-order valence-corrected chi connectivity index (χ4v) is 3.13. The lowest BCUT2D eigenvalue weighted by molar-refractivity contribution is 0.204. The smallest absolute Gasteiger partial charge is 0.0471 e. The maximum absolute atomic E-state index is 9.58. The molecule has 2 rings (SSSR count). The highest BCUT2D eigenvalue weighted by atomic mass is 16.3. The van der Waals surface area contributed by atoms with Crippen molar-refractivity contribution in [3.05, 3.63) is 35.4 Å². The topological polar surface area (TPSA) is 32.3 Å². The minimum absolute atomic E-state index is 0.311. The lowest BCUT2D eigenvalue weighted by Gasteiger charge is -2.25. The van der Waals surface area contributed by atoms with E-state index < -0.39 is 0 Å². The van der Waals surface area contributed by atoms with Crippen LogP contribution in [0.2, 0.25) is 0 Å². The van der Waals surface area contributed by atoms with Crippen LogP contribution in [0, 0.1) is 24.7 Å². The minimum Gasteiger partial charge on any atom is -0.396 e. The number of aryl methyl sites for hydroxylation is 1. The summed E-state index contributed by atoms with van der Waals surface area (Å²) in [6.45, 7) is 7.99. The average molecular weight is 289 g/mol. The van der Waals surface area contributed by atoms with E-state index in [9.17, 15) is 5.11 Å². The maximum atomic E-state index is 9.58. The zero-order chi connectivity index (χ0) is 15.2. The molecule has 118 valence electrons. The van der Waals surface area contributed by atoms with Gasteiger partial charge in [0.25, 0.3) is 0 Å². The van der Waals surface area contributed by atoms with Crippen molar-refractivity contribution < 1.29 is 5.11 Å². The molecular formula is C19H31NO. The van der Waals surface area contributed by atoms with E-state index in [0.717, 1.165) is 18.9 Å². The third-order valence-electron chi connectivity index (χ3n) is 4.55. The lowest BCUT2D eigenvalue weighted by atomic mass is 9.93. The molecule has 2 unspecified atom stereocenters. The summed E-state index contributed by atoms with van der Waals surface area (Å²) < 4.78 is 0. The first-order valence-corrected chi connectivity index (χ1v) is 8.50. The maximum Gasteiger partial charge on any atom is 0.0471 e. The molecule has 0 aliphatic heterocycles. The lowest BCUT2D eigenvalue weighted by Crippen LogP contribution is -2.30. The van der Waals surface area contributed by atoms with E-state index in [1.165, 1.54) is 30.4 Å². The second-order valence-electron chi connectivity index (χ2n) is 7.17. The molecule has 1 aromatic rings. The van der Waals surface area contributed by atoms with Gasteiger partial charge in [0.15, 0.2) is 0 Å². The Morgan fingerprint density at radius 2 is 1.95 bits per heavy atom. The van der Waals surface area contributed by atoms with Crippen LogP contribution in [0.25, 0.3) is 0 Å². The highest BCUT2D eigenvalue weighted by Gasteiger charge is 2.25. The van der Waals surface area contributed by atoms with Crippen molar-refractivity contribution in [1.82, 2.24) is 5.32 Å². The van der Waals surface area contributed by atoms with Crippen LogP contribution in [0.15, 0.2) is 24.3 Å². The van der Waals surface area contributed by atoms with Crippen LogP contribution in [-0.2, 0) is 0 Å². The Hall–Kier alpha value is -0.860. The van der Waals surface area contributed by atoms with Crippen LogP contribution in [-0.4, -0.2) is 18.3 Å². The molecule has 1 aliphatic rings. The molecule has 1 fully saturated rings. The number of nitrogens with one attached hydrogen (secondary N) is 1. The number of benzene rings is 1. The second-order valence-corrected chi connectivity index (χ2v) is 7.17. The Morgan fingerprint density at radius 1 is 1.24 bits per heavy atom. The Bertz CT molecular complexity index is 425. The first-order chi connectivity index (χ1) is 10.1. The van der Waals surface area contributed by atoms with Gasteiger partial charge in [-0.1, -0.05) is 51.0 Å².